The summed E-state index contributed by atoms with van der Waals surface area (Å²) < 4.78 is 8.10. The first-order chi connectivity index (χ1) is 14.2. The largest absolute Gasteiger partial charge is 0.373 e. The fourth-order valence-corrected chi connectivity index (χ4v) is 4.22. The Balaban J connectivity index is 1.26. The molecule has 2 aliphatic rings. The van der Waals surface area contributed by atoms with Crippen molar-refractivity contribution in [1.29, 1.82) is 0 Å². The number of hydrogen-bond acceptors (Lipinski definition) is 5. The van der Waals surface area contributed by atoms with Crippen LogP contribution in [0.1, 0.15) is 30.3 Å². The van der Waals surface area contributed by atoms with Gasteiger partial charge >= 0.3 is 0 Å². The maximum absolute atomic E-state index is 12.9. The Morgan fingerprint density at radius 2 is 2.00 bits per heavy atom. The molecule has 0 aliphatic carbocycles. The quantitative estimate of drug-likeness (QED) is 0.802. The van der Waals surface area contributed by atoms with E-state index in [4.69, 9.17) is 4.74 Å². The highest BCUT2D eigenvalue weighted by molar-refractivity contribution is 5.78. The van der Waals surface area contributed by atoms with E-state index in [1.807, 2.05) is 47.1 Å². The average Bonchev–Trinajstić information content (AvgIpc) is 3.19. The third kappa shape index (κ3) is 5.04. The number of carbonyl (C=O) groups excluding carboxylic acids is 1. The van der Waals surface area contributed by atoms with E-state index in [0.29, 0.717) is 13.2 Å². The second-order valence-corrected chi connectivity index (χ2v) is 7.96. The van der Waals surface area contributed by atoms with Gasteiger partial charge in [-0.15, -0.1) is 0 Å². The fourth-order valence-electron chi connectivity index (χ4n) is 4.22. The van der Waals surface area contributed by atoms with Crippen molar-refractivity contribution in [3.8, 4) is 0 Å². The van der Waals surface area contributed by atoms with Crippen LogP contribution in [0.3, 0.4) is 0 Å². The number of nitrogens with zero attached hydrogens (tertiary/aromatic N) is 4. The topological polar surface area (TPSA) is 62.6 Å². The van der Waals surface area contributed by atoms with E-state index >= 15 is 0 Å². The minimum absolute atomic E-state index is 0.138. The van der Waals surface area contributed by atoms with E-state index < -0.39 is 0 Å². The highest BCUT2D eigenvalue weighted by atomic mass is 16.5. The number of rotatable bonds is 6. The molecule has 2 fully saturated rings. The van der Waals surface area contributed by atoms with Crippen molar-refractivity contribution in [3.63, 3.8) is 0 Å². The first kappa shape index (κ1) is 20.1. The van der Waals surface area contributed by atoms with Gasteiger partial charge in [0.2, 0.25) is 5.91 Å². The SMILES string of the molecule is Cn1ccnc1C1CNCCN1CC(=O)N1CCC(OCc2ccccc2)CC1. The maximum atomic E-state index is 12.9. The summed E-state index contributed by atoms with van der Waals surface area (Å²) in [5.74, 6) is 1.23. The molecule has 1 unspecified atom stereocenters. The van der Waals surface area contributed by atoms with Gasteiger partial charge in [0, 0.05) is 52.2 Å². The van der Waals surface area contributed by atoms with Crippen LogP contribution in [0, 0.1) is 0 Å². The Morgan fingerprint density at radius 1 is 1.21 bits per heavy atom. The van der Waals surface area contributed by atoms with Crippen molar-refractivity contribution in [1.82, 2.24) is 24.7 Å². The van der Waals surface area contributed by atoms with Crippen LogP contribution in [-0.2, 0) is 23.2 Å². The minimum atomic E-state index is 0.138. The molecule has 3 heterocycles. The molecule has 4 rings (SSSR count). The number of hydrogen-bond donors (Lipinski definition) is 1. The normalized spacial score (nSPS) is 21.4. The van der Waals surface area contributed by atoms with E-state index in [0.717, 1.165) is 51.4 Å². The number of likely N-dealkylation sites (tertiary alicyclic amines) is 1. The summed E-state index contributed by atoms with van der Waals surface area (Å²) in [4.78, 5) is 21.7. The molecule has 0 radical (unpaired) electrons. The van der Waals surface area contributed by atoms with Crippen molar-refractivity contribution >= 4 is 5.91 Å². The summed E-state index contributed by atoms with van der Waals surface area (Å²) in [5.41, 5.74) is 1.20. The number of amides is 1. The van der Waals surface area contributed by atoms with Gasteiger partial charge in [-0.2, -0.15) is 0 Å². The number of aromatic nitrogens is 2. The van der Waals surface area contributed by atoms with Gasteiger partial charge < -0.3 is 19.5 Å². The van der Waals surface area contributed by atoms with Crippen LogP contribution in [0.15, 0.2) is 42.7 Å². The van der Waals surface area contributed by atoms with Crippen molar-refractivity contribution in [2.45, 2.75) is 31.6 Å². The fraction of sp³-hybridized carbons (Fsp3) is 0.545. The summed E-state index contributed by atoms with van der Waals surface area (Å²) in [6.07, 6.45) is 5.83. The first-order valence-electron chi connectivity index (χ1n) is 10.6. The molecule has 1 aromatic carbocycles. The molecule has 0 spiro atoms. The van der Waals surface area contributed by atoms with E-state index in [1.54, 1.807) is 0 Å². The molecule has 1 aromatic heterocycles. The van der Waals surface area contributed by atoms with E-state index in [1.165, 1.54) is 5.56 Å². The van der Waals surface area contributed by atoms with Crippen LogP contribution < -0.4 is 5.32 Å². The maximum Gasteiger partial charge on any atom is 0.236 e. The van der Waals surface area contributed by atoms with E-state index in [-0.39, 0.29) is 18.1 Å². The van der Waals surface area contributed by atoms with E-state index in [2.05, 4.69) is 27.3 Å². The summed E-state index contributed by atoms with van der Waals surface area (Å²) in [5, 5.41) is 3.43. The molecule has 2 saturated heterocycles. The van der Waals surface area contributed by atoms with Crippen LogP contribution in [0.25, 0.3) is 0 Å². The number of piperazine rings is 1. The average molecular weight is 398 g/mol. The van der Waals surface area contributed by atoms with Crippen molar-refractivity contribution < 1.29 is 9.53 Å². The number of nitrogens with one attached hydrogen (secondary N) is 1. The van der Waals surface area contributed by atoms with Gasteiger partial charge in [0.15, 0.2) is 0 Å². The highest BCUT2D eigenvalue weighted by Crippen LogP contribution is 2.21. The van der Waals surface area contributed by atoms with Gasteiger partial charge in [-0.25, -0.2) is 4.98 Å². The van der Waals surface area contributed by atoms with Gasteiger partial charge in [-0.3, -0.25) is 9.69 Å². The molecule has 2 aromatic rings. The number of carbonyl (C=O) groups is 1. The van der Waals surface area contributed by atoms with Gasteiger partial charge in [-0.05, 0) is 18.4 Å². The Kier molecular flexibility index (Phi) is 6.59. The van der Waals surface area contributed by atoms with Crippen LogP contribution in [0.4, 0.5) is 0 Å². The molecular weight excluding hydrogens is 366 g/mol. The Hall–Kier alpha value is -2.22. The molecule has 29 heavy (non-hydrogen) atoms. The lowest BCUT2D eigenvalue weighted by atomic mass is 10.1. The smallest absolute Gasteiger partial charge is 0.236 e. The van der Waals surface area contributed by atoms with Gasteiger partial charge in [-0.1, -0.05) is 30.3 Å². The number of benzene rings is 1. The third-order valence-corrected chi connectivity index (χ3v) is 5.97. The Morgan fingerprint density at radius 3 is 2.72 bits per heavy atom. The molecule has 7 nitrogen and oxygen atoms in total. The van der Waals surface area contributed by atoms with Crippen molar-refractivity contribution in [3.05, 3.63) is 54.1 Å². The summed E-state index contributed by atoms with van der Waals surface area (Å²) in [6.45, 7) is 5.24. The lowest BCUT2D eigenvalue weighted by Gasteiger charge is -2.38. The van der Waals surface area contributed by atoms with Crippen LogP contribution in [0.2, 0.25) is 0 Å². The molecule has 156 valence electrons. The lowest BCUT2D eigenvalue weighted by molar-refractivity contribution is -0.136. The molecular formula is C22H31N5O2. The zero-order valence-electron chi connectivity index (χ0n) is 17.2. The highest BCUT2D eigenvalue weighted by Gasteiger charge is 2.30. The van der Waals surface area contributed by atoms with Gasteiger partial charge in [0.05, 0.1) is 25.3 Å². The third-order valence-electron chi connectivity index (χ3n) is 5.97. The van der Waals surface area contributed by atoms with Gasteiger partial charge in [0.25, 0.3) is 0 Å². The zero-order valence-corrected chi connectivity index (χ0v) is 17.2. The monoisotopic (exact) mass is 397 g/mol. The van der Waals surface area contributed by atoms with Crippen LogP contribution >= 0.6 is 0 Å². The Labute approximate surface area is 172 Å². The predicted octanol–water partition coefficient (Wildman–Crippen LogP) is 1.57. The molecule has 0 saturated carbocycles. The standard InChI is InChI=1S/C22H31N5O2/c1-25-13-10-24-22(25)20-15-23-9-14-27(20)16-21(28)26-11-7-19(8-12-26)29-17-18-5-3-2-4-6-18/h2-6,10,13,19-20,23H,7-9,11-12,14-17H2,1H3. The van der Waals surface area contributed by atoms with E-state index in [9.17, 15) is 4.79 Å². The summed E-state index contributed by atoms with van der Waals surface area (Å²) in [7, 11) is 2.01. The first-order valence-corrected chi connectivity index (χ1v) is 10.6. The lowest BCUT2D eigenvalue weighted by Crippen LogP contribution is -2.52. The second kappa shape index (κ2) is 9.52. The van der Waals surface area contributed by atoms with Crippen LogP contribution in [-0.4, -0.2) is 70.6 Å². The molecule has 2 aliphatic heterocycles. The molecule has 1 amide bonds. The number of ether oxygens (including phenoxy) is 1. The minimum Gasteiger partial charge on any atom is -0.373 e. The van der Waals surface area contributed by atoms with Crippen LogP contribution in [0.5, 0.6) is 0 Å². The van der Waals surface area contributed by atoms with Crippen molar-refractivity contribution in [2.75, 3.05) is 39.3 Å². The number of imidazole rings is 1. The summed E-state index contributed by atoms with van der Waals surface area (Å²) in [6, 6.07) is 10.4. The summed E-state index contributed by atoms with van der Waals surface area (Å²) >= 11 is 0. The number of piperidine rings is 1. The molecule has 1 N–H and O–H groups in total. The zero-order chi connectivity index (χ0) is 20.1. The molecule has 1 atom stereocenters. The predicted molar refractivity (Wildman–Crippen MR) is 111 cm³/mol. The van der Waals surface area contributed by atoms with Crippen molar-refractivity contribution in [2.24, 2.45) is 7.05 Å². The molecule has 0 bridgehead atoms. The second-order valence-electron chi connectivity index (χ2n) is 7.96. The van der Waals surface area contributed by atoms with Gasteiger partial charge in [0.1, 0.15) is 5.82 Å². The molecule has 7 heteroatoms. The number of aryl methyl sites for hydroxylation is 1. The Bertz CT molecular complexity index is 786.